The number of carbonyl (C=O) groups is 1. The van der Waals surface area contributed by atoms with Crippen LogP contribution in [0.4, 0.5) is 20.2 Å². The number of hydrazine groups is 1. The first kappa shape index (κ1) is 21.8. The molecule has 8 nitrogen and oxygen atoms in total. The zero-order valence-electron chi connectivity index (χ0n) is 16.3. The number of benzene rings is 2. The summed E-state index contributed by atoms with van der Waals surface area (Å²) in [5, 5.41) is 16.9. The molecule has 3 rings (SSSR count). The van der Waals surface area contributed by atoms with Gasteiger partial charge in [-0.2, -0.15) is 5.10 Å². The highest BCUT2D eigenvalue weighted by Gasteiger charge is 2.68. The van der Waals surface area contributed by atoms with Crippen LogP contribution in [0.2, 0.25) is 0 Å². The van der Waals surface area contributed by atoms with E-state index >= 15 is 0 Å². The van der Waals surface area contributed by atoms with Gasteiger partial charge in [-0.3, -0.25) is 20.5 Å². The molecule has 2 aromatic carbocycles. The molecule has 0 aromatic heterocycles. The van der Waals surface area contributed by atoms with Crippen LogP contribution in [-0.4, -0.2) is 34.3 Å². The quantitative estimate of drug-likeness (QED) is 0.160. The van der Waals surface area contributed by atoms with E-state index in [1.807, 2.05) is 5.48 Å². The minimum Gasteiger partial charge on any atom is -0.322 e. The number of nitrogens with one attached hydrogen (secondary N) is 2. The van der Waals surface area contributed by atoms with Crippen molar-refractivity contribution in [1.29, 1.82) is 0 Å². The number of rotatable bonds is 5. The summed E-state index contributed by atoms with van der Waals surface area (Å²) in [6, 6.07) is 10.9. The van der Waals surface area contributed by atoms with E-state index in [9.17, 15) is 18.8 Å². The molecule has 1 unspecified atom stereocenters. The summed E-state index contributed by atoms with van der Waals surface area (Å²) in [6.07, 6.45) is -0.187. The average Bonchev–Trinajstić information content (AvgIpc) is 3.24. The van der Waals surface area contributed by atoms with Crippen molar-refractivity contribution in [3.63, 3.8) is 0 Å². The molecule has 30 heavy (non-hydrogen) atoms. The highest BCUT2D eigenvalue weighted by atomic mass is 32.2. The molecule has 2 aromatic rings. The molecule has 7 N–H and O–H groups in total. The van der Waals surface area contributed by atoms with E-state index < -0.39 is 17.2 Å². The number of anilines is 2. The maximum Gasteiger partial charge on any atom is 0.258 e. The van der Waals surface area contributed by atoms with Gasteiger partial charge < -0.3 is 11.2 Å². The van der Waals surface area contributed by atoms with Crippen LogP contribution in [0.15, 0.2) is 52.5 Å². The molecule has 160 valence electrons. The van der Waals surface area contributed by atoms with Crippen LogP contribution in [0, 0.1) is 0 Å². The minimum atomic E-state index is -2.71. The third kappa shape index (κ3) is 4.18. The van der Waals surface area contributed by atoms with Gasteiger partial charge in [0.15, 0.2) is 0 Å². The predicted octanol–water partition coefficient (Wildman–Crippen LogP) is 3.16. The standard InChI is InChI=1S/C19H22F2N6O2S/c1-18(10-19(18,20)21)11-3-5-12(6-4-11)24-16(28)14-9-13(26-29)7-8-15(14)30-17(25-22)27(2)23/h3-9,26,29H,10,22-23H2,1-2H3,(H,24,28)/b25-17+. The summed E-state index contributed by atoms with van der Waals surface area (Å²) in [5.74, 6) is 7.83. The van der Waals surface area contributed by atoms with Crippen molar-refractivity contribution < 1.29 is 18.8 Å². The molecule has 1 saturated carbocycles. The molecule has 1 atom stereocenters. The Morgan fingerprint density at radius 1 is 1.23 bits per heavy atom. The van der Waals surface area contributed by atoms with Crippen LogP contribution in [0.25, 0.3) is 0 Å². The topological polar surface area (TPSA) is 129 Å². The fraction of sp³-hybridized carbons (Fsp3) is 0.263. The number of nitrogens with zero attached hydrogens (tertiary/aromatic N) is 2. The van der Waals surface area contributed by atoms with Gasteiger partial charge in [-0.1, -0.05) is 12.1 Å². The summed E-state index contributed by atoms with van der Waals surface area (Å²) in [6.45, 7) is 1.52. The molecular formula is C19H22F2N6O2S. The Labute approximate surface area is 176 Å². The number of hydrogen-bond acceptors (Lipinski definition) is 7. The predicted molar refractivity (Wildman–Crippen MR) is 113 cm³/mol. The monoisotopic (exact) mass is 436 g/mol. The molecule has 1 aliphatic rings. The van der Waals surface area contributed by atoms with E-state index in [4.69, 9.17) is 11.7 Å². The smallest absolute Gasteiger partial charge is 0.258 e. The van der Waals surface area contributed by atoms with Crippen molar-refractivity contribution in [1.82, 2.24) is 5.01 Å². The van der Waals surface area contributed by atoms with E-state index in [0.717, 1.165) is 11.8 Å². The van der Waals surface area contributed by atoms with E-state index in [1.54, 1.807) is 43.4 Å². The number of amides is 1. The SMILES string of the molecule is CN(N)/C(=N\N)Sc1ccc(NO)cc1C(=O)Nc1ccc(C2(C)CC2(F)F)cc1. The zero-order chi connectivity index (χ0) is 22.1. The van der Waals surface area contributed by atoms with Crippen LogP contribution in [-0.2, 0) is 5.41 Å². The number of carbonyl (C=O) groups excluding carboxylic acids is 1. The van der Waals surface area contributed by atoms with Crippen LogP contribution in [0.3, 0.4) is 0 Å². The van der Waals surface area contributed by atoms with Crippen LogP contribution in [0.5, 0.6) is 0 Å². The summed E-state index contributed by atoms with van der Waals surface area (Å²) in [5.41, 5.74) is 2.32. The van der Waals surface area contributed by atoms with Crippen molar-refractivity contribution in [2.45, 2.75) is 29.6 Å². The van der Waals surface area contributed by atoms with Gasteiger partial charge in [0.2, 0.25) is 5.17 Å². The number of amidine groups is 1. The number of hydrazone groups is 1. The van der Waals surface area contributed by atoms with Crippen molar-refractivity contribution in [2.24, 2.45) is 16.8 Å². The maximum absolute atomic E-state index is 13.6. The number of nitrogens with two attached hydrogens (primary N) is 2. The minimum absolute atomic E-state index is 0.187. The second-order valence-electron chi connectivity index (χ2n) is 7.19. The summed E-state index contributed by atoms with van der Waals surface area (Å²) >= 11 is 1.07. The van der Waals surface area contributed by atoms with Gasteiger partial charge in [0.25, 0.3) is 11.8 Å². The molecule has 11 heteroatoms. The Kier molecular flexibility index (Phi) is 5.88. The molecule has 0 heterocycles. The first-order valence-electron chi connectivity index (χ1n) is 8.89. The number of hydrogen-bond donors (Lipinski definition) is 5. The van der Waals surface area contributed by atoms with Gasteiger partial charge in [0.1, 0.15) is 0 Å². The number of halogens is 2. The van der Waals surface area contributed by atoms with Crippen LogP contribution in [0.1, 0.15) is 29.3 Å². The van der Waals surface area contributed by atoms with Crippen molar-refractivity contribution in [3.8, 4) is 0 Å². The Hall–Kier alpha value is -2.89. The van der Waals surface area contributed by atoms with Gasteiger partial charge in [0, 0.05) is 24.1 Å². The largest absolute Gasteiger partial charge is 0.322 e. The van der Waals surface area contributed by atoms with Gasteiger partial charge in [-0.25, -0.2) is 14.6 Å². The molecule has 0 radical (unpaired) electrons. The number of alkyl halides is 2. The fourth-order valence-corrected chi connectivity index (χ4v) is 3.78. The normalized spacial score (nSPS) is 19.9. The second-order valence-corrected chi connectivity index (χ2v) is 8.20. The van der Waals surface area contributed by atoms with Gasteiger partial charge >= 0.3 is 0 Å². The van der Waals surface area contributed by atoms with E-state index in [2.05, 4.69) is 10.4 Å². The van der Waals surface area contributed by atoms with Crippen LogP contribution < -0.4 is 22.5 Å². The van der Waals surface area contributed by atoms with Crippen molar-refractivity contribution >= 4 is 34.2 Å². The molecule has 1 aliphatic carbocycles. The second kappa shape index (κ2) is 8.09. The lowest BCUT2D eigenvalue weighted by atomic mass is 9.97. The van der Waals surface area contributed by atoms with Crippen molar-refractivity contribution in [3.05, 3.63) is 53.6 Å². The summed E-state index contributed by atoms with van der Waals surface area (Å²) in [4.78, 5) is 13.4. The highest BCUT2D eigenvalue weighted by Crippen LogP contribution is 2.61. The Morgan fingerprint density at radius 3 is 2.33 bits per heavy atom. The van der Waals surface area contributed by atoms with Gasteiger partial charge in [-0.15, -0.1) is 0 Å². The molecule has 1 amide bonds. The molecular weight excluding hydrogens is 414 g/mol. The third-order valence-corrected chi connectivity index (χ3v) is 6.16. The summed E-state index contributed by atoms with van der Waals surface area (Å²) < 4.78 is 27.2. The molecule has 0 saturated heterocycles. The number of thioether (sulfide) groups is 1. The van der Waals surface area contributed by atoms with E-state index in [-0.39, 0.29) is 17.2 Å². The lowest BCUT2D eigenvalue weighted by molar-refractivity contribution is 0.0919. The molecule has 1 fully saturated rings. The van der Waals surface area contributed by atoms with Gasteiger partial charge in [0.05, 0.1) is 16.7 Å². The zero-order valence-corrected chi connectivity index (χ0v) is 17.1. The van der Waals surface area contributed by atoms with Crippen molar-refractivity contribution in [2.75, 3.05) is 17.8 Å². The Morgan fingerprint density at radius 2 is 1.83 bits per heavy atom. The third-order valence-electron chi connectivity index (χ3n) is 5.00. The van der Waals surface area contributed by atoms with E-state index in [0.29, 0.717) is 21.8 Å². The lowest BCUT2D eigenvalue weighted by Crippen LogP contribution is -2.32. The molecule has 0 spiro atoms. The first-order chi connectivity index (χ1) is 14.1. The Bertz CT molecular complexity index is 983. The van der Waals surface area contributed by atoms with Gasteiger partial charge in [-0.05, 0) is 54.6 Å². The fourth-order valence-electron chi connectivity index (χ4n) is 2.99. The highest BCUT2D eigenvalue weighted by molar-refractivity contribution is 8.13. The maximum atomic E-state index is 13.6. The average molecular weight is 436 g/mol. The first-order valence-corrected chi connectivity index (χ1v) is 9.71. The molecule has 0 bridgehead atoms. The Balaban J connectivity index is 1.82. The summed E-state index contributed by atoms with van der Waals surface area (Å²) in [7, 11) is 1.55. The van der Waals surface area contributed by atoms with E-state index in [1.165, 1.54) is 18.0 Å². The lowest BCUT2D eigenvalue weighted by Gasteiger charge is -2.16. The van der Waals surface area contributed by atoms with Crippen LogP contribution >= 0.6 is 11.8 Å². The molecule has 0 aliphatic heterocycles.